The minimum Gasteiger partial charge on any atom is -0.465 e. The number of tetrazole rings is 1. The van der Waals surface area contributed by atoms with Crippen molar-refractivity contribution >= 4 is 23.5 Å². The number of fused-ring (bicyclic) bond motifs is 1. The van der Waals surface area contributed by atoms with Crippen molar-refractivity contribution in [2.24, 2.45) is 0 Å². The van der Waals surface area contributed by atoms with Gasteiger partial charge >= 0.3 is 6.09 Å². The van der Waals surface area contributed by atoms with Gasteiger partial charge < -0.3 is 10.1 Å². The van der Waals surface area contributed by atoms with Crippen LogP contribution in [0.25, 0.3) is 28.2 Å². The highest BCUT2D eigenvalue weighted by Crippen LogP contribution is 2.34. The number of aryl methyl sites for hydroxylation is 2. The Morgan fingerprint density at radius 1 is 1.21 bits per heavy atom. The average Bonchev–Trinajstić information content (AvgIpc) is 3.68. The first-order valence-corrected chi connectivity index (χ1v) is 12.3. The molecule has 4 aromatic heterocycles. The van der Waals surface area contributed by atoms with Gasteiger partial charge in [0.15, 0.2) is 5.15 Å². The van der Waals surface area contributed by atoms with Crippen LogP contribution in [0.15, 0.2) is 53.7 Å². The molecule has 5 heterocycles. The molecule has 0 radical (unpaired) electrons. The molecule has 0 saturated carbocycles. The minimum atomic E-state index is -1.12. The van der Waals surface area contributed by atoms with E-state index in [1.807, 2.05) is 25.1 Å². The number of hydrogen-bond donors (Lipinski definition) is 2. The largest absolute Gasteiger partial charge is 0.465 e. The first-order valence-electron chi connectivity index (χ1n) is 12.0. The summed E-state index contributed by atoms with van der Waals surface area (Å²) in [5.74, 6) is 1.45. The highest BCUT2D eigenvalue weighted by molar-refractivity contribution is 6.31. The van der Waals surface area contributed by atoms with Crippen LogP contribution in [0.4, 0.5) is 10.6 Å². The van der Waals surface area contributed by atoms with Crippen molar-refractivity contribution in [3.8, 4) is 28.2 Å². The zero-order valence-electron chi connectivity index (χ0n) is 20.8. The van der Waals surface area contributed by atoms with E-state index in [2.05, 4.69) is 30.5 Å². The number of rotatable bonds is 5. The Labute approximate surface area is 225 Å². The van der Waals surface area contributed by atoms with Crippen molar-refractivity contribution in [1.82, 2.24) is 44.7 Å². The highest BCUT2D eigenvalue weighted by Gasteiger charge is 2.30. The third kappa shape index (κ3) is 4.32. The maximum atomic E-state index is 13.4. The van der Waals surface area contributed by atoms with Crippen LogP contribution in [0.3, 0.4) is 0 Å². The zero-order chi connectivity index (χ0) is 27.3. The molecule has 0 unspecified atom stereocenters. The molecule has 0 saturated heterocycles. The fourth-order valence-electron chi connectivity index (χ4n) is 4.72. The Hall–Kier alpha value is -4.91. The first-order chi connectivity index (χ1) is 18.8. The fraction of sp³-hybridized carbons (Fsp3) is 0.200. The standard InChI is InChI=1S/C25H21ClN10O3/c1-13-3-5-17(35-12-28-32-33-35)15(9-13)16-10-21(37)36-18(6-8-20(36)29-16)24-30-22(23(26)31-24)14-4-7-19(27-11-14)34(2)25(38)39/h3-5,7,9-12,18H,6,8H2,1-2H3,(H,30,31)(H,38,39)/t18-/m0/s1. The van der Waals surface area contributed by atoms with Crippen LogP contribution < -0.4 is 10.5 Å². The van der Waals surface area contributed by atoms with E-state index in [1.54, 1.807) is 16.7 Å². The molecule has 13 nitrogen and oxygen atoms in total. The van der Waals surface area contributed by atoms with Gasteiger partial charge in [0.2, 0.25) is 0 Å². The Morgan fingerprint density at radius 3 is 2.77 bits per heavy atom. The number of aromatic amines is 1. The van der Waals surface area contributed by atoms with Gasteiger partial charge in [0, 0.05) is 36.9 Å². The van der Waals surface area contributed by atoms with Crippen LogP contribution in [0.1, 0.15) is 29.7 Å². The van der Waals surface area contributed by atoms with Crippen LogP contribution in [0, 0.1) is 6.92 Å². The van der Waals surface area contributed by atoms with Gasteiger partial charge in [-0.2, -0.15) is 4.68 Å². The second-order valence-electron chi connectivity index (χ2n) is 9.13. The normalized spacial score (nSPS) is 14.4. The van der Waals surface area contributed by atoms with E-state index in [1.165, 1.54) is 30.3 Å². The molecule has 5 aromatic rings. The average molecular weight is 545 g/mol. The van der Waals surface area contributed by atoms with Gasteiger partial charge in [-0.25, -0.2) is 19.7 Å². The molecule has 1 amide bonds. The third-order valence-corrected chi connectivity index (χ3v) is 6.94. The van der Waals surface area contributed by atoms with Crippen LogP contribution in [-0.2, 0) is 6.42 Å². The molecular weight excluding hydrogens is 524 g/mol. The lowest BCUT2D eigenvalue weighted by atomic mass is 10.1. The van der Waals surface area contributed by atoms with E-state index < -0.39 is 6.09 Å². The number of hydrogen-bond acceptors (Lipinski definition) is 8. The second-order valence-corrected chi connectivity index (χ2v) is 9.49. The molecule has 2 N–H and O–H groups in total. The number of H-pyrrole nitrogens is 1. The number of nitrogens with zero attached hydrogens (tertiary/aromatic N) is 9. The molecule has 0 spiro atoms. The summed E-state index contributed by atoms with van der Waals surface area (Å²) in [6.07, 6.45) is 3.09. The van der Waals surface area contributed by atoms with E-state index in [0.29, 0.717) is 47.1 Å². The molecule has 1 aromatic carbocycles. The van der Waals surface area contributed by atoms with Gasteiger partial charge in [0.25, 0.3) is 5.56 Å². The van der Waals surface area contributed by atoms with Gasteiger partial charge in [-0.05, 0) is 48.0 Å². The quantitative estimate of drug-likeness (QED) is 0.338. The van der Waals surface area contributed by atoms with Gasteiger partial charge in [0.1, 0.15) is 23.8 Å². The van der Waals surface area contributed by atoms with Gasteiger partial charge in [-0.3, -0.25) is 14.3 Å². The number of nitrogens with one attached hydrogen (secondary N) is 1. The number of carboxylic acid groups (broad SMARTS) is 1. The van der Waals surface area contributed by atoms with E-state index in [4.69, 9.17) is 21.7 Å². The highest BCUT2D eigenvalue weighted by atomic mass is 35.5. The maximum Gasteiger partial charge on any atom is 0.412 e. The predicted octanol–water partition coefficient (Wildman–Crippen LogP) is 3.28. The molecule has 196 valence electrons. The van der Waals surface area contributed by atoms with Crippen molar-refractivity contribution in [1.29, 1.82) is 0 Å². The van der Waals surface area contributed by atoms with Crippen molar-refractivity contribution in [3.05, 3.63) is 81.6 Å². The van der Waals surface area contributed by atoms with E-state index in [0.717, 1.165) is 16.0 Å². The molecule has 0 fully saturated rings. The van der Waals surface area contributed by atoms with E-state index in [9.17, 15) is 9.59 Å². The summed E-state index contributed by atoms with van der Waals surface area (Å²) in [6.45, 7) is 1.97. The smallest absolute Gasteiger partial charge is 0.412 e. The third-order valence-electron chi connectivity index (χ3n) is 6.66. The number of imidazole rings is 1. The summed E-state index contributed by atoms with van der Waals surface area (Å²) in [5, 5.41) is 20.8. The monoisotopic (exact) mass is 544 g/mol. The molecule has 1 aliphatic heterocycles. The van der Waals surface area contributed by atoms with E-state index >= 15 is 0 Å². The summed E-state index contributed by atoms with van der Waals surface area (Å²) >= 11 is 6.47. The van der Waals surface area contributed by atoms with Crippen molar-refractivity contribution < 1.29 is 9.90 Å². The first kappa shape index (κ1) is 24.4. The van der Waals surface area contributed by atoms with Crippen LogP contribution in [0.2, 0.25) is 5.15 Å². The van der Waals surface area contributed by atoms with Crippen molar-refractivity contribution in [2.45, 2.75) is 25.8 Å². The molecule has 1 atom stereocenters. The molecule has 1 aliphatic rings. The Bertz CT molecular complexity index is 1760. The van der Waals surface area contributed by atoms with Crippen LogP contribution in [0.5, 0.6) is 0 Å². The summed E-state index contributed by atoms with van der Waals surface area (Å²) in [4.78, 5) is 42.4. The molecule has 14 heteroatoms. The number of aromatic nitrogens is 9. The Morgan fingerprint density at radius 2 is 2.05 bits per heavy atom. The van der Waals surface area contributed by atoms with Crippen LogP contribution >= 0.6 is 11.6 Å². The fourth-order valence-corrected chi connectivity index (χ4v) is 4.96. The number of pyridine rings is 1. The summed E-state index contributed by atoms with van der Waals surface area (Å²) in [7, 11) is 1.41. The van der Waals surface area contributed by atoms with Crippen molar-refractivity contribution in [2.75, 3.05) is 11.9 Å². The number of carbonyl (C=O) groups is 1. The SMILES string of the molecule is Cc1ccc(-n2cnnn2)c(-c2cc(=O)n3c(n2)CC[C@H]3c2nc(Cl)c(-c3ccc(N(C)C(=O)O)nc3)[nH]2)c1. The number of amides is 1. The number of anilines is 1. The maximum absolute atomic E-state index is 13.4. The van der Waals surface area contributed by atoms with E-state index in [-0.39, 0.29) is 22.6 Å². The summed E-state index contributed by atoms with van der Waals surface area (Å²) in [6, 6.07) is 10.2. The van der Waals surface area contributed by atoms with Gasteiger partial charge in [0.05, 0.1) is 23.1 Å². The lowest BCUT2D eigenvalue weighted by Gasteiger charge is -2.14. The number of benzene rings is 1. The summed E-state index contributed by atoms with van der Waals surface area (Å²) < 4.78 is 3.18. The molecule has 6 rings (SSSR count). The van der Waals surface area contributed by atoms with Crippen molar-refractivity contribution in [3.63, 3.8) is 0 Å². The zero-order valence-corrected chi connectivity index (χ0v) is 21.5. The minimum absolute atomic E-state index is 0.210. The lowest BCUT2D eigenvalue weighted by Crippen LogP contribution is -2.25. The second kappa shape index (κ2) is 9.44. The lowest BCUT2D eigenvalue weighted by molar-refractivity contribution is 0.203. The van der Waals surface area contributed by atoms with Crippen LogP contribution in [-0.4, -0.2) is 63.0 Å². The molecule has 39 heavy (non-hydrogen) atoms. The Kier molecular flexibility index (Phi) is 5.91. The van der Waals surface area contributed by atoms with Gasteiger partial charge in [-0.15, -0.1) is 5.10 Å². The van der Waals surface area contributed by atoms with Gasteiger partial charge in [-0.1, -0.05) is 23.2 Å². The summed E-state index contributed by atoms with van der Waals surface area (Å²) in [5.41, 5.74) is 3.97. The molecule has 0 bridgehead atoms. The number of halogens is 1. The molecule has 0 aliphatic carbocycles. The predicted molar refractivity (Wildman–Crippen MR) is 141 cm³/mol. The topological polar surface area (TPSA) is 161 Å². The Balaban J connectivity index is 1.35. The molecular formula is C25H21ClN10O3.